The first-order valence-electron chi connectivity index (χ1n) is 5.75. The van der Waals surface area contributed by atoms with E-state index in [4.69, 9.17) is 9.88 Å². The standard InChI is InChI=1S/C10H15N3O5S2/c1-2-18-10(15)9-13-7(6-19-9)8(14)12-4-3-5-20(11,16)17/h6H,2-5H2,1H3,(H,12,14)(H2,11,16,17). The maximum Gasteiger partial charge on any atom is 0.367 e. The fraction of sp³-hybridized carbons (Fsp3) is 0.500. The Kier molecular flexibility index (Phi) is 6.05. The Hall–Kier alpha value is -1.52. The van der Waals surface area contributed by atoms with Gasteiger partial charge in [0.05, 0.1) is 12.4 Å². The number of amides is 1. The third-order valence-corrected chi connectivity index (χ3v) is 3.76. The van der Waals surface area contributed by atoms with E-state index < -0.39 is 21.9 Å². The molecule has 20 heavy (non-hydrogen) atoms. The van der Waals surface area contributed by atoms with Gasteiger partial charge in [0.1, 0.15) is 5.69 Å². The number of thiazole rings is 1. The minimum absolute atomic E-state index is 0.0914. The topological polar surface area (TPSA) is 128 Å². The van der Waals surface area contributed by atoms with Gasteiger partial charge >= 0.3 is 5.97 Å². The van der Waals surface area contributed by atoms with Crippen molar-refractivity contribution in [3.8, 4) is 0 Å². The van der Waals surface area contributed by atoms with Crippen LogP contribution in [0.4, 0.5) is 0 Å². The molecule has 1 amide bonds. The zero-order valence-electron chi connectivity index (χ0n) is 10.8. The van der Waals surface area contributed by atoms with Gasteiger partial charge in [-0.2, -0.15) is 0 Å². The van der Waals surface area contributed by atoms with Crippen LogP contribution in [0.3, 0.4) is 0 Å². The van der Waals surface area contributed by atoms with Gasteiger partial charge in [0.2, 0.25) is 15.0 Å². The predicted octanol–water partition coefficient (Wildman–Crippen LogP) is -0.272. The molecule has 0 saturated carbocycles. The van der Waals surface area contributed by atoms with Crippen molar-refractivity contribution in [2.24, 2.45) is 5.14 Å². The van der Waals surface area contributed by atoms with Gasteiger partial charge in [-0.05, 0) is 13.3 Å². The number of ether oxygens (including phenoxy) is 1. The zero-order valence-corrected chi connectivity index (χ0v) is 12.4. The summed E-state index contributed by atoms with van der Waals surface area (Å²) in [6.45, 7) is 2.06. The highest BCUT2D eigenvalue weighted by atomic mass is 32.2. The Morgan fingerprint density at radius 2 is 2.20 bits per heavy atom. The molecule has 0 aliphatic heterocycles. The molecule has 1 aromatic rings. The summed E-state index contributed by atoms with van der Waals surface area (Å²) in [5.74, 6) is -1.27. The maximum atomic E-state index is 11.7. The smallest absolute Gasteiger partial charge is 0.367 e. The lowest BCUT2D eigenvalue weighted by molar-refractivity contribution is 0.0526. The number of nitrogens with one attached hydrogen (secondary N) is 1. The summed E-state index contributed by atoms with van der Waals surface area (Å²) in [6.07, 6.45) is 0.208. The van der Waals surface area contributed by atoms with Crippen LogP contribution in [-0.2, 0) is 14.8 Å². The van der Waals surface area contributed by atoms with Gasteiger partial charge in [-0.15, -0.1) is 11.3 Å². The highest BCUT2D eigenvalue weighted by Crippen LogP contribution is 2.11. The predicted molar refractivity (Wildman–Crippen MR) is 73.0 cm³/mol. The Morgan fingerprint density at radius 1 is 1.50 bits per heavy atom. The molecule has 8 nitrogen and oxygen atoms in total. The molecule has 0 unspecified atom stereocenters. The number of carbonyl (C=O) groups is 2. The molecule has 0 radical (unpaired) electrons. The lowest BCUT2D eigenvalue weighted by Crippen LogP contribution is -2.27. The fourth-order valence-electron chi connectivity index (χ4n) is 1.23. The summed E-state index contributed by atoms with van der Waals surface area (Å²) in [4.78, 5) is 26.9. The van der Waals surface area contributed by atoms with Crippen LogP contribution in [0, 0.1) is 0 Å². The van der Waals surface area contributed by atoms with E-state index in [1.807, 2.05) is 0 Å². The molecule has 3 N–H and O–H groups in total. The van der Waals surface area contributed by atoms with Crippen molar-refractivity contribution >= 4 is 33.2 Å². The van der Waals surface area contributed by atoms with Crippen molar-refractivity contribution in [2.45, 2.75) is 13.3 Å². The van der Waals surface area contributed by atoms with Crippen LogP contribution >= 0.6 is 11.3 Å². The Morgan fingerprint density at radius 3 is 2.80 bits per heavy atom. The van der Waals surface area contributed by atoms with Crippen molar-refractivity contribution in [1.82, 2.24) is 10.3 Å². The molecule has 0 aliphatic carbocycles. The number of carbonyl (C=O) groups excluding carboxylic acids is 2. The summed E-state index contributed by atoms with van der Waals surface area (Å²) in [6, 6.07) is 0. The first kappa shape index (κ1) is 16.5. The molecule has 0 fully saturated rings. The van der Waals surface area contributed by atoms with Crippen molar-refractivity contribution in [2.75, 3.05) is 18.9 Å². The SMILES string of the molecule is CCOC(=O)c1nc(C(=O)NCCCS(N)(=O)=O)cs1. The summed E-state index contributed by atoms with van der Waals surface area (Å²) < 4.78 is 26.1. The molecular formula is C10H15N3O5S2. The number of primary sulfonamides is 1. The van der Waals surface area contributed by atoms with Crippen LogP contribution in [0.2, 0.25) is 0 Å². The number of hydrogen-bond acceptors (Lipinski definition) is 7. The van der Waals surface area contributed by atoms with E-state index >= 15 is 0 Å². The highest BCUT2D eigenvalue weighted by Gasteiger charge is 2.16. The largest absolute Gasteiger partial charge is 0.461 e. The second-order valence-corrected chi connectivity index (χ2v) is 6.33. The molecule has 1 heterocycles. The Labute approximate surface area is 120 Å². The fourth-order valence-corrected chi connectivity index (χ4v) is 2.47. The van der Waals surface area contributed by atoms with Crippen molar-refractivity contribution < 1.29 is 22.7 Å². The lowest BCUT2D eigenvalue weighted by Gasteiger charge is -2.02. The first-order valence-corrected chi connectivity index (χ1v) is 8.34. The van der Waals surface area contributed by atoms with Gasteiger partial charge in [-0.1, -0.05) is 0 Å². The summed E-state index contributed by atoms with van der Waals surface area (Å²) in [5, 5.41) is 8.85. The molecule has 1 aromatic heterocycles. The number of nitrogens with two attached hydrogens (primary N) is 1. The number of hydrogen-bond donors (Lipinski definition) is 2. The van der Waals surface area contributed by atoms with E-state index in [1.54, 1.807) is 6.92 Å². The van der Waals surface area contributed by atoms with Crippen LogP contribution < -0.4 is 10.5 Å². The monoisotopic (exact) mass is 321 g/mol. The molecule has 0 spiro atoms. The van der Waals surface area contributed by atoms with E-state index in [1.165, 1.54) is 5.38 Å². The van der Waals surface area contributed by atoms with E-state index in [0.717, 1.165) is 11.3 Å². The number of rotatable bonds is 7. The number of sulfonamides is 1. The maximum absolute atomic E-state index is 11.7. The third-order valence-electron chi connectivity index (χ3n) is 2.08. The third kappa shape index (κ3) is 5.63. The van der Waals surface area contributed by atoms with Crippen LogP contribution in [0.5, 0.6) is 0 Å². The van der Waals surface area contributed by atoms with Gasteiger partial charge in [-0.25, -0.2) is 23.3 Å². The van der Waals surface area contributed by atoms with Crippen LogP contribution in [0.15, 0.2) is 5.38 Å². The lowest BCUT2D eigenvalue weighted by atomic mass is 10.4. The number of nitrogens with zero attached hydrogens (tertiary/aromatic N) is 1. The van der Waals surface area contributed by atoms with Crippen molar-refractivity contribution in [3.05, 3.63) is 16.1 Å². The first-order chi connectivity index (χ1) is 9.33. The van der Waals surface area contributed by atoms with E-state index in [-0.39, 0.29) is 36.0 Å². The quantitative estimate of drug-likeness (QED) is 0.525. The van der Waals surface area contributed by atoms with Gasteiger partial charge in [0.25, 0.3) is 5.91 Å². The minimum atomic E-state index is -3.53. The molecule has 1 rings (SSSR count). The van der Waals surface area contributed by atoms with Gasteiger partial charge < -0.3 is 10.1 Å². The highest BCUT2D eigenvalue weighted by molar-refractivity contribution is 7.89. The molecule has 0 bridgehead atoms. The number of aromatic nitrogens is 1. The zero-order chi connectivity index (χ0) is 15.2. The summed E-state index contributed by atoms with van der Waals surface area (Å²) in [7, 11) is -3.53. The van der Waals surface area contributed by atoms with E-state index in [9.17, 15) is 18.0 Å². The van der Waals surface area contributed by atoms with Gasteiger partial charge in [0.15, 0.2) is 0 Å². The molecule has 0 aromatic carbocycles. The molecule has 0 atom stereocenters. The molecule has 10 heteroatoms. The normalized spacial score (nSPS) is 11.1. The molecule has 0 aliphatic rings. The van der Waals surface area contributed by atoms with Crippen molar-refractivity contribution in [3.63, 3.8) is 0 Å². The van der Waals surface area contributed by atoms with Crippen LogP contribution in [0.25, 0.3) is 0 Å². The average Bonchev–Trinajstić information content (AvgIpc) is 2.83. The second-order valence-electron chi connectivity index (χ2n) is 3.73. The minimum Gasteiger partial charge on any atom is -0.461 e. The van der Waals surface area contributed by atoms with Crippen LogP contribution in [-0.4, -0.2) is 44.2 Å². The molecule has 0 saturated heterocycles. The number of esters is 1. The van der Waals surface area contributed by atoms with Crippen molar-refractivity contribution in [1.29, 1.82) is 0 Å². The van der Waals surface area contributed by atoms with Crippen LogP contribution in [0.1, 0.15) is 33.6 Å². The Bertz CT molecular complexity index is 581. The van der Waals surface area contributed by atoms with E-state index in [2.05, 4.69) is 10.3 Å². The van der Waals surface area contributed by atoms with Gasteiger partial charge in [0, 0.05) is 11.9 Å². The molecular weight excluding hydrogens is 306 g/mol. The molecule has 112 valence electrons. The average molecular weight is 321 g/mol. The summed E-state index contributed by atoms with van der Waals surface area (Å²) >= 11 is 1.01. The summed E-state index contributed by atoms with van der Waals surface area (Å²) in [5.41, 5.74) is 0.0914. The second kappa shape index (κ2) is 7.31. The Balaban J connectivity index is 2.46. The van der Waals surface area contributed by atoms with Gasteiger partial charge in [-0.3, -0.25) is 4.79 Å². The van der Waals surface area contributed by atoms with E-state index in [0.29, 0.717) is 0 Å².